The average molecular weight is 352 g/mol. The maximum atomic E-state index is 11.6. The van der Waals surface area contributed by atoms with Crippen LogP contribution in [0.1, 0.15) is 25.8 Å². The van der Waals surface area contributed by atoms with Gasteiger partial charge >= 0.3 is 0 Å². The summed E-state index contributed by atoms with van der Waals surface area (Å²) in [6.07, 6.45) is 6.29. The number of pyridine rings is 1. The molecule has 0 aliphatic carbocycles. The van der Waals surface area contributed by atoms with Crippen LogP contribution in [0.5, 0.6) is 0 Å². The summed E-state index contributed by atoms with van der Waals surface area (Å²) in [5, 5.41) is 2.64. The molecule has 0 radical (unpaired) electrons. The van der Waals surface area contributed by atoms with Crippen LogP contribution in [0.25, 0.3) is 10.8 Å². The third-order valence-electron chi connectivity index (χ3n) is 5.97. The molecule has 4 rings (SSSR count). The van der Waals surface area contributed by atoms with Gasteiger partial charge in [0.05, 0.1) is 0 Å². The lowest BCUT2D eigenvalue weighted by Crippen LogP contribution is -2.42. The second kappa shape index (κ2) is 7.23. The third kappa shape index (κ3) is 3.16. The Kier molecular flexibility index (Phi) is 4.81. The van der Waals surface area contributed by atoms with E-state index in [-0.39, 0.29) is 5.91 Å². The van der Waals surface area contributed by atoms with Crippen LogP contribution >= 0.6 is 0 Å². The van der Waals surface area contributed by atoms with Gasteiger partial charge in [-0.1, -0.05) is 12.1 Å². The van der Waals surface area contributed by atoms with E-state index in [0.717, 1.165) is 45.7 Å². The lowest BCUT2D eigenvalue weighted by molar-refractivity contribution is -0.128. The van der Waals surface area contributed by atoms with Gasteiger partial charge in [0.1, 0.15) is 0 Å². The number of carbonyl (C=O) groups is 1. The van der Waals surface area contributed by atoms with Crippen LogP contribution < -0.4 is 4.90 Å². The van der Waals surface area contributed by atoms with Crippen LogP contribution in [0.4, 0.5) is 5.69 Å². The van der Waals surface area contributed by atoms with E-state index >= 15 is 0 Å². The summed E-state index contributed by atoms with van der Waals surface area (Å²) >= 11 is 0. The highest BCUT2D eigenvalue weighted by Crippen LogP contribution is 2.36. The zero-order valence-corrected chi connectivity index (χ0v) is 15.8. The largest absolute Gasteiger partial charge is 0.366 e. The molecular weight excluding hydrogens is 324 g/mol. The van der Waals surface area contributed by atoms with E-state index < -0.39 is 0 Å². The minimum Gasteiger partial charge on any atom is -0.366 e. The fraction of sp³-hybridized carbons (Fsp3) is 0.524. The summed E-state index contributed by atoms with van der Waals surface area (Å²) in [6, 6.07) is 7.15. The van der Waals surface area contributed by atoms with Crippen molar-refractivity contribution in [3.63, 3.8) is 0 Å². The summed E-state index contributed by atoms with van der Waals surface area (Å²) in [4.78, 5) is 23.1. The standard InChI is InChI=1S/C21H28N4O/c1-3-24(16(2)26)12-11-23-9-8-19(15-23)25-10-7-18-14-22-13-17-5-4-6-20(25)21(17)18/h4-6,13-14,19H,3,7-12,15H2,1-2H3. The molecule has 0 bridgehead atoms. The van der Waals surface area contributed by atoms with Gasteiger partial charge in [-0.25, -0.2) is 0 Å². The number of anilines is 1. The Hall–Kier alpha value is -2.14. The number of carbonyl (C=O) groups excluding carboxylic acids is 1. The van der Waals surface area contributed by atoms with E-state index in [1.807, 2.05) is 17.3 Å². The van der Waals surface area contributed by atoms with E-state index in [4.69, 9.17) is 0 Å². The molecule has 5 nitrogen and oxygen atoms in total. The molecule has 1 fully saturated rings. The molecule has 2 aliphatic rings. The fourth-order valence-corrected chi connectivity index (χ4v) is 4.53. The maximum absolute atomic E-state index is 11.6. The molecule has 1 saturated heterocycles. The van der Waals surface area contributed by atoms with Gasteiger partial charge in [-0.2, -0.15) is 0 Å². The van der Waals surface area contributed by atoms with Crippen molar-refractivity contribution >= 4 is 22.4 Å². The van der Waals surface area contributed by atoms with E-state index in [1.165, 1.54) is 28.4 Å². The van der Waals surface area contributed by atoms with Gasteiger partial charge < -0.3 is 9.80 Å². The minimum absolute atomic E-state index is 0.177. The number of likely N-dealkylation sites (tertiary alicyclic amines) is 1. The SMILES string of the molecule is CCN(CCN1CCC(N2CCc3cncc4cccc2c34)C1)C(C)=O. The van der Waals surface area contributed by atoms with Crippen LogP contribution in [0.3, 0.4) is 0 Å². The molecule has 0 N–H and O–H groups in total. The molecule has 5 heteroatoms. The lowest BCUT2D eigenvalue weighted by Gasteiger charge is -2.36. The Morgan fingerprint density at radius 1 is 1.31 bits per heavy atom. The molecule has 1 aromatic carbocycles. The van der Waals surface area contributed by atoms with Gasteiger partial charge in [0.2, 0.25) is 5.91 Å². The zero-order valence-electron chi connectivity index (χ0n) is 15.8. The first-order chi connectivity index (χ1) is 12.7. The van der Waals surface area contributed by atoms with Crippen LogP contribution in [0.15, 0.2) is 30.6 Å². The summed E-state index contributed by atoms with van der Waals surface area (Å²) in [7, 11) is 0. The van der Waals surface area contributed by atoms with Gasteiger partial charge in [-0.15, -0.1) is 0 Å². The van der Waals surface area contributed by atoms with E-state index in [1.54, 1.807) is 6.92 Å². The molecule has 0 saturated carbocycles. The van der Waals surface area contributed by atoms with Crippen molar-refractivity contribution < 1.29 is 4.79 Å². The van der Waals surface area contributed by atoms with Crippen molar-refractivity contribution in [2.24, 2.45) is 0 Å². The van der Waals surface area contributed by atoms with Crippen LogP contribution in [0, 0.1) is 0 Å². The van der Waals surface area contributed by atoms with Crippen molar-refractivity contribution in [3.8, 4) is 0 Å². The molecule has 1 aromatic heterocycles. The molecule has 2 aromatic rings. The van der Waals surface area contributed by atoms with Crippen molar-refractivity contribution in [3.05, 3.63) is 36.2 Å². The first-order valence-electron chi connectivity index (χ1n) is 9.77. The first-order valence-corrected chi connectivity index (χ1v) is 9.77. The first kappa shape index (κ1) is 17.3. The normalized spacial score (nSPS) is 19.9. The van der Waals surface area contributed by atoms with Crippen molar-refractivity contribution in [1.82, 2.24) is 14.8 Å². The smallest absolute Gasteiger partial charge is 0.219 e. The Balaban J connectivity index is 1.47. The maximum Gasteiger partial charge on any atom is 0.219 e. The van der Waals surface area contributed by atoms with Gasteiger partial charge in [-0.3, -0.25) is 14.7 Å². The fourth-order valence-electron chi connectivity index (χ4n) is 4.53. The van der Waals surface area contributed by atoms with Gasteiger partial charge in [-0.05, 0) is 31.4 Å². The average Bonchev–Trinajstić information content (AvgIpc) is 3.11. The molecule has 138 valence electrons. The minimum atomic E-state index is 0.177. The number of rotatable bonds is 5. The van der Waals surface area contributed by atoms with Gasteiger partial charge in [0.25, 0.3) is 0 Å². The summed E-state index contributed by atoms with van der Waals surface area (Å²) in [5.74, 6) is 0.177. The van der Waals surface area contributed by atoms with Crippen molar-refractivity contribution in [2.45, 2.75) is 32.7 Å². The highest BCUT2D eigenvalue weighted by Gasteiger charge is 2.31. The molecular formula is C21H28N4O. The van der Waals surface area contributed by atoms with E-state index in [9.17, 15) is 4.79 Å². The predicted octanol–water partition coefficient (Wildman–Crippen LogP) is 2.54. The number of amides is 1. The summed E-state index contributed by atoms with van der Waals surface area (Å²) in [5.41, 5.74) is 2.75. The number of hydrogen-bond acceptors (Lipinski definition) is 4. The second-order valence-corrected chi connectivity index (χ2v) is 7.46. The highest BCUT2D eigenvalue weighted by atomic mass is 16.2. The number of hydrogen-bond donors (Lipinski definition) is 0. The zero-order chi connectivity index (χ0) is 18.1. The molecule has 3 heterocycles. The highest BCUT2D eigenvalue weighted by molar-refractivity contribution is 5.97. The third-order valence-corrected chi connectivity index (χ3v) is 5.97. The Bertz CT molecular complexity index is 800. The van der Waals surface area contributed by atoms with Crippen LogP contribution in [-0.2, 0) is 11.2 Å². The van der Waals surface area contributed by atoms with Gasteiger partial charge in [0.15, 0.2) is 0 Å². The molecule has 26 heavy (non-hydrogen) atoms. The Morgan fingerprint density at radius 2 is 2.19 bits per heavy atom. The van der Waals surface area contributed by atoms with E-state index in [2.05, 4.69) is 39.9 Å². The van der Waals surface area contributed by atoms with Crippen molar-refractivity contribution in [2.75, 3.05) is 44.2 Å². The predicted molar refractivity (Wildman–Crippen MR) is 106 cm³/mol. The van der Waals surface area contributed by atoms with Gasteiger partial charge in [0, 0.05) is 81.1 Å². The molecule has 1 unspecified atom stereocenters. The number of nitrogens with zero attached hydrogens (tertiary/aromatic N) is 4. The second-order valence-electron chi connectivity index (χ2n) is 7.46. The monoisotopic (exact) mass is 352 g/mol. The number of benzene rings is 1. The van der Waals surface area contributed by atoms with Crippen LogP contribution in [0.2, 0.25) is 0 Å². The Morgan fingerprint density at radius 3 is 3.00 bits per heavy atom. The number of likely N-dealkylation sites (N-methyl/N-ethyl adjacent to an activating group) is 1. The van der Waals surface area contributed by atoms with Crippen LogP contribution in [-0.4, -0.2) is 66.0 Å². The Labute approximate surface area is 155 Å². The lowest BCUT2D eigenvalue weighted by atomic mass is 9.97. The van der Waals surface area contributed by atoms with Crippen molar-refractivity contribution in [1.29, 1.82) is 0 Å². The van der Waals surface area contributed by atoms with E-state index in [0.29, 0.717) is 6.04 Å². The summed E-state index contributed by atoms with van der Waals surface area (Å²) < 4.78 is 0. The quantitative estimate of drug-likeness (QED) is 0.829. The summed E-state index contributed by atoms with van der Waals surface area (Å²) in [6.45, 7) is 9.61. The molecule has 1 atom stereocenters. The topological polar surface area (TPSA) is 39.7 Å². The molecule has 1 amide bonds. The molecule has 0 spiro atoms. The molecule has 2 aliphatic heterocycles. The number of aromatic nitrogens is 1.